The molecular weight excluding hydrogens is 260 g/mol. The lowest BCUT2D eigenvalue weighted by Gasteiger charge is -1.97. The van der Waals surface area contributed by atoms with Gasteiger partial charge in [-0.1, -0.05) is 18.5 Å². The van der Waals surface area contributed by atoms with E-state index >= 15 is 0 Å². The van der Waals surface area contributed by atoms with Crippen LogP contribution in [0, 0.1) is 0 Å². The number of aromatic nitrogens is 2. The lowest BCUT2D eigenvalue weighted by Crippen LogP contribution is -1.97. The van der Waals surface area contributed by atoms with E-state index in [1.54, 1.807) is 11.3 Å². The zero-order valence-electron chi connectivity index (χ0n) is 11.1. The zero-order valence-corrected chi connectivity index (χ0v) is 11.9. The van der Waals surface area contributed by atoms with Crippen LogP contribution < -0.4 is 0 Å². The first-order chi connectivity index (χ1) is 9.28. The number of aliphatic hydroxyl groups is 1. The molecule has 1 atom stereocenters. The van der Waals surface area contributed by atoms with Gasteiger partial charge in [-0.05, 0) is 43.7 Å². The van der Waals surface area contributed by atoms with E-state index in [4.69, 9.17) is 4.52 Å². The summed E-state index contributed by atoms with van der Waals surface area (Å²) >= 11 is 1.76. The molecule has 0 saturated heterocycles. The maximum absolute atomic E-state index is 9.71. The molecule has 1 aliphatic rings. The van der Waals surface area contributed by atoms with Crippen molar-refractivity contribution < 1.29 is 9.63 Å². The Morgan fingerprint density at radius 1 is 1.37 bits per heavy atom. The van der Waals surface area contributed by atoms with Crippen LogP contribution in [0.3, 0.4) is 0 Å². The summed E-state index contributed by atoms with van der Waals surface area (Å²) in [6.07, 6.45) is 6.16. The summed E-state index contributed by atoms with van der Waals surface area (Å²) in [4.78, 5) is 6.80. The third-order valence-electron chi connectivity index (χ3n) is 3.58. The summed E-state index contributed by atoms with van der Waals surface area (Å²) in [6.45, 7) is 1.90. The van der Waals surface area contributed by atoms with Gasteiger partial charge in [0.1, 0.15) is 6.10 Å². The Labute approximate surface area is 116 Å². The van der Waals surface area contributed by atoms with Crippen molar-refractivity contribution in [2.75, 3.05) is 0 Å². The second kappa shape index (κ2) is 5.43. The molecule has 2 aromatic rings. The summed E-state index contributed by atoms with van der Waals surface area (Å²) in [7, 11) is 0. The molecule has 2 aromatic heterocycles. The first-order valence-electron chi connectivity index (χ1n) is 6.91. The van der Waals surface area contributed by atoms with E-state index in [0.717, 1.165) is 11.3 Å². The van der Waals surface area contributed by atoms with Crippen LogP contribution in [0.5, 0.6) is 0 Å². The minimum atomic E-state index is -0.629. The monoisotopic (exact) mass is 278 g/mol. The van der Waals surface area contributed by atoms with E-state index in [0.29, 0.717) is 18.1 Å². The molecule has 0 amide bonds. The average molecular weight is 278 g/mol. The molecule has 0 spiro atoms. The third kappa shape index (κ3) is 2.58. The molecule has 0 fully saturated rings. The van der Waals surface area contributed by atoms with Crippen LogP contribution in [0.25, 0.3) is 10.8 Å². The molecule has 1 N–H and O–H groups in total. The van der Waals surface area contributed by atoms with E-state index in [-0.39, 0.29) is 0 Å². The molecule has 4 nitrogen and oxygen atoms in total. The van der Waals surface area contributed by atoms with Crippen molar-refractivity contribution in [1.29, 1.82) is 0 Å². The van der Waals surface area contributed by atoms with Gasteiger partial charge in [0.2, 0.25) is 5.82 Å². The van der Waals surface area contributed by atoms with Gasteiger partial charge in [0.05, 0.1) is 4.88 Å². The number of hydrogen-bond acceptors (Lipinski definition) is 5. The van der Waals surface area contributed by atoms with Crippen LogP contribution >= 0.6 is 11.3 Å². The fourth-order valence-electron chi connectivity index (χ4n) is 2.43. The second-order valence-electron chi connectivity index (χ2n) is 5.00. The number of nitrogens with zero attached hydrogens (tertiary/aromatic N) is 2. The zero-order chi connectivity index (χ0) is 13.2. The van der Waals surface area contributed by atoms with Gasteiger partial charge in [0, 0.05) is 4.88 Å². The molecule has 0 bridgehead atoms. The standard InChI is InChI=1S/C14H18N2O2S/c1-2-10(17)13-15-14(18-16-13)12-8-9-6-4-3-5-7-11(9)19-12/h8,10,17H,2-7H2,1H3. The molecule has 0 radical (unpaired) electrons. The van der Waals surface area contributed by atoms with Crippen molar-refractivity contribution >= 4 is 11.3 Å². The minimum absolute atomic E-state index is 0.390. The van der Waals surface area contributed by atoms with Crippen LogP contribution in [0.15, 0.2) is 10.6 Å². The maximum Gasteiger partial charge on any atom is 0.268 e. The second-order valence-corrected chi connectivity index (χ2v) is 6.14. The molecular formula is C14H18N2O2S. The molecule has 0 aliphatic heterocycles. The van der Waals surface area contributed by atoms with Gasteiger partial charge >= 0.3 is 0 Å². The molecule has 0 saturated carbocycles. The van der Waals surface area contributed by atoms with E-state index in [2.05, 4.69) is 16.2 Å². The highest BCUT2D eigenvalue weighted by Gasteiger charge is 2.19. The Hall–Kier alpha value is -1.20. The van der Waals surface area contributed by atoms with E-state index in [9.17, 15) is 5.11 Å². The van der Waals surface area contributed by atoms with Crippen molar-refractivity contribution in [3.8, 4) is 10.8 Å². The molecule has 1 unspecified atom stereocenters. The molecule has 3 rings (SSSR count). The van der Waals surface area contributed by atoms with Crippen molar-refractivity contribution in [2.24, 2.45) is 0 Å². The molecule has 0 aromatic carbocycles. The molecule has 1 aliphatic carbocycles. The molecule has 19 heavy (non-hydrogen) atoms. The summed E-state index contributed by atoms with van der Waals surface area (Å²) in [5.74, 6) is 0.932. The van der Waals surface area contributed by atoms with Gasteiger partial charge in [0.15, 0.2) is 0 Å². The summed E-state index contributed by atoms with van der Waals surface area (Å²) in [6, 6.07) is 2.18. The van der Waals surface area contributed by atoms with E-state index in [1.165, 1.54) is 36.1 Å². The van der Waals surface area contributed by atoms with Gasteiger partial charge < -0.3 is 9.63 Å². The highest BCUT2D eigenvalue weighted by atomic mass is 32.1. The topological polar surface area (TPSA) is 59.2 Å². The van der Waals surface area contributed by atoms with Gasteiger partial charge in [-0.15, -0.1) is 11.3 Å². The lowest BCUT2D eigenvalue weighted by atomic mass is 10.1. The molecule has 2 heterocycles. The Balaban J connectivity index is 1.88. The number of hydrogen-bond donors (Lipinski definition) is 1. The van der Waals surface area contributed by atoms with Crippen LogP contribution in [0.1, 0.15) is 55.0 Å². The highest BCUT2D eigenvalue weighted by molar-refractivity contribution is 7.15. The SMILES string of the molecule is CCC(O)c1noc(-c2cc3c(s2)CCCCC3)n1. The number of aryl methyl sites for hydroxylation is 2. The quantitative estimate of drug-likeness (QED) is 0.873. The Morgan fingerprint density at radius 3 is 3.05 bits per heavy atom. The third-order valence-corrected chi connectivity index (χ3v) is 4.81. The van der Waals surface area contributed by atoms with Gasteiger partial charge in [-0.2, -0.15) is 4.98 Å². The molecule has 5 heteroatoms. The minimum Gasteiger partial charge on any atom is -0.385 e. The van der Waals surface area contributed by atoms with E-state index < -0.39 is 6.10 Å². The lowest BCUT2D eigenvalue weighted by molar-refractivity contribution is 0.159. The van der Waals surface area contributed by atoms with Crippen LogP contribution in [-0.4, -0.2) is 15.2 Å². The largest absolute Gasteiger partial charge is 0.385 e. The fourth-order valence-corrected chi connectivity index (χ4v) is 3.60. The van der Waals surface area contributed by atoms with Gasteiger partial charge in [-0.25, -0.2) is 0 Å². The Kier molecular flexibility index (Phi) is 3.66. The number of thiophene rings is 1. The average Bonchev–Trinajstić information content (AvgIpc) is 3.01. The Morgan fingerprint density at radius 2 is 2.21 bits per heavy atom. The smallest absolute Gasteiger partial charge is 0.268 e. The normalized spacial score (nSPS) is 16.9. The fraction of sp³-hybridized carbons (Fsp3) is 0.571. The highest BCUT2D eigenvalue weighted by Crippen LogP contribution is 2.34. The van der Waals surface area contributed by atoms with Crippen molar-refractivity contribution in [3.63, 3.8) is 0 Å². The summed E-state index contributed by atoms with van der Waals surface area (Å²) in [5.41, 5.74) is 1.44. The molecule has 102 valence electrons. The van der Waals surface area contributed by atoms with Crippen LogP contribution in [-0.2, 0) is 12.8 Å². The first kappa shape index (κ1) is 12.8. The number of fused-ring (bicyclic) bond motifs is 1. The van der Waals surface area contributed by atoms with Crippen molar-refractivity contribution in [2.45, 2.75) is 51.6 Å². The predicted octanol–water partition coefficient (Wildman–Crippen LogP) is 3.51. The van der Waals surface area contributed by atoms with Crippen LogP contribution in [0.4, 0.5) is 0 Å². The van der Waals surface area contributed by atoms with Crippen molar-refractivity contribution in [3.05, 3.63) is 22.3 Å². The van der Waals surface area contributed by atoms with Gasteiger partial charge in [-0.3, -0.25) is 0 Å². The maximum atomic E-state index is 9.71. The van der Waals surface area contributed by atoms with Crippen LogP contribution in [0.2, 0.25) is 0 Å². The Bertz CT molecular complexity index is 538. The number of rotatable bonds is 3. The number of aliphatic hydroxyl groups excluding tert-OH is 1. The predicted molar refractivity (Wildman–Crippen MR) is 74.1 cm³/mol. The first-order valence-corrected chi connectivity index (χ1v) is 7.73. The summed E-state index contributed by atoms with van der Waals surface area (Å²) < 4.78 is 5.27. The van der Waals surface area contributed by atoms with Gasteiger partial charge in [0.25, 0.3) is 5.89 Å². The van der Waals surface area contributed by atoms with E-state index in [1.807, 2.05) is 6.92 Å². The van der Waals surface area contributed by atoms with Crippen molar-refractivity contribution in [1.82, 2.24) is 10.1 Å². The summed E-state index contributed by atoms with van der Waals surface area (Å²) in [5, 5.41) is 13.6.